The van der Waals surface area contributed by atoms with Crippen LogP contribution in [0.15, 0.2) is 41.3 Å². The Kier molecular flexibility index (Phi) is 8.13. The van der Waals surface area contributed by atoms with Crippen LogP contribution < -0.4 is 19.1 Å². The molecule has 0 saturated heterocycles. The average molecular weight is 604 g/mol. The molecule has 0 saturated carbocycles. The molecule has 1 amide bonds. The predicted molar refractivity (Wildman–Crippen MR) is 130 cm³/mol. The van der Waals surface area contributed by atoms with E-state index in [9.17, 15) is 39.2 Å². The lowest BCUT2D eigenvalue weighted by Gasteiger charge is -2.35. The third-order valence-electron chi connectivity index (χ3n) is 5.22. The van der Waals surface area contributed by atoms with E-state index >= 15 is 0 Å². The summed E-state index contributed by atoms with van der Waals surface area (Å²) < 4.78 is 116. The zero-order valence-electron chi connectivity index (χ0n) is 20.0. The lowest BCUT2D eigenvalue weighted by Crippen LogP contribution is -2.48. The van der Waals surface area contributed by atoms with E-state index in [1.54, 1.807) is 0 Å². The number of nitrogens with one attached hydrogen (secondary N) is 2. The topological polar surface area (TPSA) is 131 Å². The molecule has 2 aromatic carbocycles. The molecule has 210 valence electrons. The van der Waals surface area contributed by atoms with E-state index in [1.807, 2.05) is 0 Å². The lowest BCUT2D eigenvalue weighted by atomic mass is 10.1. The molecule has 10 nitrogen and oxygen atoms in total. The molecule has 2 N–H and O–H groups in total. The molecule has 0 fully saturated rings. The number of nitrogens with zero attached hydrogens (tertiary/aromatic N) is 1. The minimum atomic E-state index is -4.86. The number of benzene rings is 2. The largest absolute Gasteiger partial charge is 0.485 e. The van der Waals surface area contributed by atoms with Crippen LogP contribution in [-0.4, -0.2) is 60.2 Å². The van der Waals surface area contributed by atoms with Gasteiger partial charge in [0.15, 0.2) is 0 Å². The number of anilines is 2. The molecule has 1 aliphatic rings. The number of ether oxygens (including phenoxy) is 2. The second-order valence-corrected chi connectivity index (χ2v) is 12.8. The minimum absolute atomic E-state index is 0.0529. The smallest absolute Gasteiger partial charge is 0.427 e. The molecule has 0 spiro atoms. The van der Waals surface area contributed by atoms with E-state index in [0.717, 1.165) is 34.8 Å². The highest BCUT2D eigenvalue weighted by Crippen LogP contribution is 2.40. The molecule has 3 rings (SSSR count). The van der Waals surface area contributed by atoms with Crippen LogP contribution in [0.2, 0.25) is 5.02 Å². The standard InChI is InChI=1S/C21H22ClF4N3O7S2/c1-20(2,21(24,25)26)36-19(30)28-12-4-7-18-17(8-12)29(11-13(35-18)10-27-37(3,31)32)38(33,34)14-5-6-16(23)15(22)9-14/h4-9,13,27H,10-11H2,1-3H3,(H,28,30). The molecule has 1 aliphatic heterocycles. The SMILES string of the molecule is CC(C)(OC(=O)Nc1ccc2c(c1)N(S(=O)(=O)c1ccc(F)c(Cl)c1)CC(CNS(C)(=O)=O)O2)C(F)(F)F. The molecule has 38 heavy (non-hydrogen) atoms. The number of sulfonamides is 2. The van der Waals surface area contributed by atoms with Crippen molar-refractivity contribution < 1.29 is 48.7 Å². The summed E-state index contributed by atoms with van der Waals surface area (Å²) in [7, 11) is -8.12. The van der Waals surface area contributed by atoms with E-state index in [1.165, 1.54) is 12.1 Å². The summed E-state index contributed by atoms with van der Waals surface area (Å²) in [4.78, 5) is 11.7. The van der Waals surface area contributed by atoms with Crippen LogP contribution >= 0.6 is 11.6 Å². The van der Waals surface area contributed by atoms with Crippen molar-refractivity contribution in [1.82, 2.24) is 4.72 Å². The average Bonchev–Trinajstić information content (AvgIpc) is 2.77. The number of carbonyl (C=O) groups is 1. The maximum atomic E-state index is 13.7. The second kappa shape index (κ2) is 10.4. The highest BCUT2D eigenvalue weighted by molar-refractivity contribution is 7.92. The zero-order chi connectivity index (χ0) is 28.7. The van der Waals surface area contributed by atoms with E-state index in [4.69, 9.17) is 16.3 Å². The highest BCUT2D eigenvalue weighted by Gasteiger charge is 2.51. The van der Waals surface area contributed by atoms with Crippen LogP contribution in [0.5, 0.6) is 5.75 Å². The number of rotatable bonds is 7. The summed E-state index contributed by atoms with van der Waals surface area (Å²) in [5, 5.41) is 1.63. The van der Waals surface area contributed by atoms with E-state index in [2.05, 4.69) is 14.8 Å². The maximum absolute atomic E-state index is 13.7. The van der Waals surface area contributed by atoms with Crippen LogP contribution in [0.25, 0.3) is 0 Å². The fourth-order valence-corrected chi connectivity index (χ4v) is 5.42. The summed E-state index contributed by atoms with van der Waals surface area (Å²) in [5.74, 6) is -0.919. The van der Waals surface area contributed by atoms with Crippen molar-refractivity contribution in [3.05, 3.63) is 47.2 Å². The Morgan fingerprint density at radius 2 is 1.82 bits per heavy atom. The van der Waals surface area contributed by atoms with Gasteiger partial charge in [0.05, 0.1) is 28.4 Å². The van der Waals surface area contributed by atoms with E-state index < -0.39 is 66.3 Å². The monoisotopic (exact) mass is 603 g/mol. The molecular weight excluding hydrogens is 582 g/mol. The Hall–Kier alpha value is -2.82. The Morgan fingerprint density at radius 3 is 2.39 bits per heavy atom. The van der Waals surface area contributed by atoms with Gasteiger partial charge in [-0.2, -0.15) is 13.2 Å². The first-order chi connectivity index (χ1) is 17.3. The number of hydrogen-bond donors (Lipinski definition) is 2. The first kappa shape index (κ1) is 29.7. The molecule has 1 unspecified atom stereocenters. The van der Waals surface area contributed by atoms with Crippen LogP contribution in [0.3, 0.4) is 0 Å². The van der Waals surface area contributed by atoms with Gasteiger partial charge < -0.3 is 9.47 Å². The Labute approximate surface area is 221 Å². The highest BCUT2D eigenvalue weighted by atomic mass is 35.5. The van der Waals surface area contributed by atoms with Crippen molar-refractivity contribution in [1.29, 1.82) is 0 Å². The third-order valence-corrected chi connectivity index (χ3v) is 7.98. The fourth-order valence-electron chi connectivity index (χ4n) is 3.17. The molecular formula is C21H22ClF4N3O7S2. The van der Waals surface area contributed by atoms with Crippen molar-refractivity contribution >= 4 is 49.1 Å². The number of alkyl halides is 3. The van der Waals surface area contributed by atoms with Gasteiger partial charge in [-0.05, 0) is 50.2 Å². The third kappa shape index (κ3) is 6.78. The summed E-state index contributed by atoms with van der Waals surface area (Å²) in [6, 6.07) is 6.24. The maximum Gasteiger partial charge on any atom is 0.427 e. The first-order valence-electron chi connectivity index (χ1n) is 10.6. The van der Waals surface area contributed by atoms with Gasteiger partial charge in [0.1, 0.15) is 17.7 Å². The second-order valence-electron chi connectivity index (χ2n) is 8.68. The van der Waals surface area contributed by atoms with Gasteiger partial charge in [-0.15, -0.1) is 0 Å². The number of hydrogen-bond acceptors (Lipinski definition) is 7. The van der Waals surface area contributed by atoms with Crippen molar-refractivity contribution in [2.45, 2.75) is 36.6 Å². The van der Waals surface area contributed by atoms with Crippen LogP contribution in [0.1, 0.15) is 13.8 Å². The molecule has 1 heterocycles. The summed E-state index contributed by atoms with van der Waals surface area (Å²) in [6.45, 7) is 0.565. The van der Waals surface area contributed by atoms with Crippen LogP contribution in [0, 0.1) is 5.82 Å². The fraction of sp³-hybridized carbons (Fsp3) is 0.381. The van der Waals surface area contributed by atoms with Gasteiger partial charge in [-0.1, -0.05) is 11.6 Å². The van der Waals surface area contributed by atoms with Crippen molar-refractivity contribution in [2.24, 2.45) is 0 Å². The molecule has 0 aliphatic carbocycles. The molecule has 0 aromatic heterocycles. The Bertz CT molecular complexity index is 1450. The van der Waals surface area contributed by atoms with Crippen LogP contribution in [0.4, 0.5) is 33.7 Å². The van der Waals surface area contributed by atoms with Gasteiger partial charge in [0, 0.05) is 12.2 Å². The lowest BCUT2D eigenvalue weighted by molar-refractivity contribution is -0.242. The molecule has 0 bridgehead atoms. The van der Waals surface area contributed by atoms with Crippen LogP contribution in [-0.2, 0) is 24.8 Å². The van der Waals surface area contributed by atoms with Gasteiger partial charge in [0.25, 0.3) is 10.0 Å². The zero-order valence-corrected chi connectivity index (χ0v) is 22.4. The molecule has 0 radical (unpaired) electrons. The van der Waals surface area contributed by atoms with Gasteiger partial charge in [-0.25, -0.2) is 30.7 Å². The van der Waals surface area contributed by atoms with E-state index in [-0.39, 0.29) is 23.7 Å². The van der Waals surface area contributed by atoms with Crippen molar-refractivity contribution in [3.63, 3.8) is 0 Å². The summed E-state index contributed by atoms with van der Waals surface area (Å²) in [6.07, 6.45) is -6.43. The Morgan fingerprint density at radius 1 is 1.16 bits per heavy atom. The van der Waals surface area contributed by atoms with Gasteiger partial charge in [-0.3, -0.25) is 9.62 Å². The number of carbonyl (C=O) groups excluding carboxylic acids is 1. The predicted octanol–water partition coefficient (Wildman–Crippen LogP) is 3.87. The Balaban J connectivity index is 1.99. The minimum Gasteiger partial charge on any atom is -0.485 e. The van der Waals surface area contributed by atoms with E-state index in [0.29, 0.717) is 13.8 Å². The summed E-state index contributed by atoms with van der Waals surface area (Å²) in [5.41, 5.74) is -3.10. The van der Waals surface area contributed by atoms with Crippen molar-refractivity contribution in [2.75, 3.05) is 29.0 Å². The normalized spacial score (nSPS) is 16.4. The van der Waals surface area contributed by atoms with Gasteiger partial charge in [0.2, 0.25) is 15.6 Å². The number of amides is 1. The van der Waals surface area contributed by atoms with Gasteiger partial charge >= 0.3 is 12.3 Å². The van der Waals surface area contributed by atoms with Crippen molar-refractivity contribution in [3.8, 4) is 5.75 Å². The molecule has 17 heteroatoms. The number of fused-ring (bicyclic) bond motifs is 1. The quantitative estimate of drug-likeness (QED) is 0.459. The molecule has 1 atom stereocenters. The molecule has 2 aromatic rings. The summed E-state index contributed by atoms with van der Waals surface area (Å²) >= 11 is 5.75. The number of halogens is 5. The first-order valence-corrected chi connectivity index (χ1v) is 14.3.